The van der Waals surface area contributed by atoms with Gasteiger partial charge in [-0.05, 0) is 48.0 Å². The highest BCUT2D eigenvalue weighted by molar-refractivity contribution is 9.10. The monoisotopic (exact) mass is 345 g/mol. The van der Waals surface area contributed by atoms with E-state index in [9.17, 15) is 9.18 Å². The predicted molar refractivity (Wildman–Crippen MR) is 81.1 cm³/mol. The van der Waals surface area contributed by atoms with Crippen molar-refractivity contribution in [1.29, 1.82) is 0 Å². The summed E-state index contributed by atoms with van der Waals surface area (Å²) >= 11 is 3.34. The van der Waals surface area contributed by atoms with Gasteiger partial charge in [-0.15, -0.1) is 0 Å². The predicted octanol–water partition coefficient (Wildman–Crippen LogP) is 3.93. The first-order valence-electron chi connectivity index (χ1n) is 6.16. The number of cyclic esters (lactones) is 1. The maximum absolute atomic E-state index is 12.8. The number of carbonyl (C=O) groups is 1. The summed E-state index contributed by atoms with van der Waals surface area (Å²) in [6, 6.07) is 13.1. The van der Waals surface area contributed by atoms with Gasteiger partial charge in [0.2, 0.25) is 5.90 Å². The van der Waals surface area contributed by atoms with Crippen LogP contribution >= 0.6 is 15.9 Å². The zero-order chi connectivity index (χ0) is 14.8. The molecule has 3 nitrogen and oxygen atoms in total. The molecule has 3 rings (SSSR count). The lowest BCUT2D eigenvalue weighted by Gasteiger charge is -1.98. The molecule has 21 heavy (non-hydrogen) atoms. The second kappa shape index (κ2) is 5.61. The Balaban J connectivity index is 1.91. The third kappa shape index (κ3) is 3.08. The number of carbonyl (C=O) groups excluding carboxylic acids is 1. The molecule has 0 spiro atoms. The van der Waals surface area contributed by atoms with E-state index in [-0.39, 0.29) is 17.4 Å². The molecule has 1 heterocycles. The third-order valence-corrected chi connectivity index (χ3v) is 3.41. The zero-order valence-corrected chi connectivity index (χ0v) is 12.3. The first-order valence-corrected chi connectivity index (χ1v) is 6.95. The molecule has 0 aromatic heterocycles. The number of hydrogen-bond donors (Lipinski definition) is 0. The molecule has 0 amide bonds. The van der Waals surface area contributed by atoms with E-state index in [0.29, 0.717) is 11.1 Å². The fourth-order valence-corrected chi connectivity index (χ4v) is 2.11. The van der Waals surface area contributed by atoms with Crippen molar-refractivity contribution in [1.82, 2.24) is 0 Å². The minimum atomic E-state index is -0.516. The molecule has 0 saturated carbocycles. The Labute approximate surface area is 128 Å². The van der Waals surface area contributed by atoms with E-state index in [1.807, 2.05) is 12.1 Å². The SMILES string of the molecule is O=C1OC(c2ccc(Br)cc2)=N/C1=C\c1ccc(F)cc1. The molecule has 0 radical (unpaired) electrons. The molecule has 1 aliphatic heterocycles. The number of nitrogens with zero attached hydrogens (tertiary/aromatic N) is 1. The summed E-state index contributed by atoms with van der Waals surface area (Å²) in [6.45, 7) is 0. The van der Waals surface area contributed by atoms with E-state index in [4.69, 9.17) is 4.74 Å². The molecule has 1 aliphatic rings. The molecule has 0 N–H and O–H groups in total. The molecule has 2 aromatic carbocycles. The zero-order valence-electron chi connectivity index (χ0n) is 10.7. The van der Waals surface area contributed by atoms with Gasteiger partial charge in [-0.3, -0.25) is 0 Å². The highest BCUT2D eigenvalue weighted by Gasteiger charge is 2.23. The molecule has 0 fully saturated rings. The Hall–Kier alpha value is -2.27. The van der Waals surface area contributed by atoms with Crippen molar-refractivity contribution < 1.29 is 13.9 Å². The van der Waals surface area contributed by atoms with Crippen LogP contribution in [-0.2, 0) is 9.53 Å². The van der Waals surface area contributed by atoms with Crippen molar-refractivity contribution in [2.45, 2.75) is 0 Å². The standard InChI is InChI=1S/C16H9BrFNO2/c17-12-5-3-11(4-6-12)15-19-14(16(20)21-15)9-10-1-7-13(18)8-2-10/h1-9H/b14-9-. The first kappa shape index (κ1) is 13.7. The van der Waals surface area contributed by atoms with Crippen LogP contribution in [0.5, 0.6) is 0 Å². The van der Waals surface area contributed by atoms with Gasteiger partial charge >= 0.3 is 5.97 Å². The van der Waals surface area contributed by atoms with E-state index < -0.39 is 5.97 Å². The topological polar surface area (TPSA) is 38.7 Å². The number of rotatable bonds is 2. The molecule has 0 saturated heterocycles. The molecule has 0 aliphatic carbocycles. The van der Waals surface area contributed by atoms with Crippen molar-refractivity contribution in [2.75, 3.05) is 0 Å². The fraction of sp³-hybridized carbons (Fsp3) is 0. The van der Waals surface area contributed by atoms with Crippen LogP contribution in [0.3, 0.4) is 0 Å². The van der Waals surface area contributed by atoms with Crippen molar-refractivity contribution in [3.8, 4) is 0 Å². The van der Waals surface area contributed by atoms with E-state index in [1.54, 1.807) is 30.3 Å². The molecule has 0 atom stereocenters. The van der Waals surface area contributed by atoms with Crippen LogP contribution in [0.4, 0.5) is 4.39 Å². The summed E-state index contributed by atoms with van der Waals surface area (Å²) < 4.78 is 18.9. The summed E-state index contributed by atoms with van der Waals surface area (Å²) in [5.74, 6) is -0.580. The van der Waals surface area contributed by atoms with Crippen molar-refractivity contribution in [3.05, 3.63) is 75.6 Å². The lowest BCUT2D eigenvalue weighted by molar-refractivity contribution is -0.129. The second-order valence-electron chi connectivity index (χ2n) is 4.39. The minimum Gasteiger partial charge on any atom is -0.402 e. The van der Waals surface area contributed by atoms with E-state index in [0.717, 1.165) is 4.47 Å². The summed E-state index contributed by atoms with van der Waals surface area (Å²) in [4.78, 5) is 16.0. The van der Waals surface area contributed by atoms with Gasteiger partial charge < -0.3 is 4.74 Å². The number of esters is 1. The average molecular weight is 346 g/mol. The van der Waals surface area contributed by atoms with Crippen LogP contribution in [0, 0.1) is 5.82 Å². The number of aliphatic imine (C=N–C) groups is 1. The van der Waals surface area contributed by atoms with Crippen molar-refractivity contribution >= 4 is 33.9 Å². The lowest BCUT2D eigenvalue weighted by Crippen LogP contribution is -2.05. The van der Waals surface area contributed by atoms with Crippen LogP contribution in [0.15, 0.2) is 63.7 Å². The Morgan fingerprint density at radius 2 is 1.71 bits per heavy atom. The fourth-order valence-electron chi connectivity index (χ4n) is 1.84. The molecule has 0 bridgehead atoms. The third-order valence-electron chi connectivity index (χ3n) is 2.89. The van der Waals surface area contributed by atoms with Crippen LogP contribution < -0.4 is 0 Å². The van der Waals surface area contributed by atoms with Crippen LogP contribution in [0.2, 0.25) is 0 Å². The average Bonchev–Trinajstić information content (AvgIpc) is 2.83. The molecule has 5 heteroatoms. The highest BCUT2D eigenvalue weighted by atomic mass is 79.9. The Morgan fingerprint density at radius 3 is 2.38 bits per heavy atom. The minimum absolute atomic E-state index is 0.194. The Bertz CT molecular complexity index is 749. The number of ether oxygens (including phenoxy) is 1. The van der Waals surface area contributed by atoms with Crippen molar-refractivity contribution in [2.24, 2.45) is 4.99 Å². The Morgan fingerprint density at radius 1 is 1.05 bits per heavy atom. The molecular formula is C16H9BrFNO2. The van der Waals surface area contributed by atoms with Gasteiger partial charge in [-0.2, -0.15) is 0 Å². The summed E-state index contributed by atoms with van der Waals surface area (Å²) in [5, 5.41) is 0. The summed E-state index contributed by atoms with van der Waals surface area (Å²) in [5.41, 5.74) is 1.60. The van der Waals surface area contributed by atoms with Gasteiger partial charge in [0.15, 0.2) is 5.70 Å². The molecular weight excluding hydrogens is 337 g/mol. The van der Waals surface area contributed by atoms with E-state index >= 15 is 0 Å². The van der Waals surface area contributed by atoms with Gasteiger partial charge in [0.1, 0.15) is 5.82 Å². The van der Waals surface area contributed by atoms with E-state index in [1.165, 1.54) is 12.1 Å². The maximum atomic E-state index is 12.8. The molecule has 104 valence electrons. The second-order valence-corrected chi connectivity index (χ2v) is 5.31. The van der Waals surface area contributed by atoms with Gasteiger partial charge in [-0.1, -0.05) is 28.1 Å². The quantitative estimate of drug-likeness (QED) is 0.610. The summed E-state index contributed by atoms with van der Waals surface area (Å²) in [6.07, 6.45) is 1.56. The van der Waals surface area contributed by atoms with Crippen molar-refractivity contribution in [3.63, 3.8) is 0 Å². The first-order chi connectivity index (χ1) is 10.1. The van der Waals surface area contributed by atoms with Crippen LogP contribution in [-0.4, -0.2) is 11.9 Å². The number of hydrogen-bond acceptors (Lipinski definition) is 3. The van der Waals surface area contributed by atoms with E-state index in [2.05, 4.69) is 20.9 Å². The van der Waals surface area contributed by atoms with Gasteiger partial charge in [0.05, 0.1) is 0 Å². The highest BCUT2D eigenvalue weighted by Crippen LogP contribution is 2.20. The maximum Gasteiger partial charge on any atom is 0.363 e. The number of benzene rings is 2. The van der Waals surface area contributed by atoms with Crippen LogP contribution in [0.1, 0.15) is 11.1 Å². The normalized spacial score (nSPS) is 16.0. The van der Waals surface area contributed by atoms with Gasteiger partial charge in [0.25, 0.3) is 0 Å². The molecule has 0 unspecified atom stereocenters. The van der Waals surface area contributed by atoms with Crippen LogP contribution in [0.25, 0.3) is 6.08 Å². The largest absolute Gasteiger partial charge is 0.402 e. The summed E-state index contributed by atoms with van der Waals surface area (Å²) in [7, 11) is 0. The smallest absolute Gasteiger partial charge is 0.363 e. The molecule has 2 aromatic rings. The van der Waals surface area contributed by atoms with Gasteiger partial charge in [-0.25, -0.2) is 14.2 Å². The number of halogens is 2. The lowest BCUT2D eigenvalue weighted by atomic mass is 10.2. The van der Waals surface area contributed by atoms with Gasteiger partial charge in [0, 0.05) is 10.0 Å². The Kier molecular flexibility index (Phi) is 3.66.